The number of carboxylic acid groups (broad SMARTS) is 1. The van der Waals surface area contributed by atoms with Crippen LogP contribution in [-0.2, 0) is 11.2 Å². The number of carboxylic acids is 1. The fraction of sp³-hybridized carbons (Fsp3) is 0.0833. The molecule has 4 aromatic rings. The minimum Gasteiger partial charge on any atom is -0.545 e. The van der Waals surface area contributed by atoms with Crippen molar-refractivity contribution in [3.8, 4) is 0 Å². The summed E-state index contributed by atoms with van der Waals surface area (Å²) in [5.41, 5.74) is 2.87. The molecule has 0 atom stereocenters. The fourth-order valence-electron chi connectivity index (χ4n) is 3.45. The zero-order valence-corrected chi connectivity index (χ0v) is 21.2. The molecule has 0 radical (unpaired) electrons. The minimum atomic E-state index is -1.50. The van der Waals surface area contributed by atoms with Crippen molar-refractivity contribution in [2.45, 2.75) is 13.3 Å². The van der Waals surface area contributed by atoms with Crippen molar-refractivity contribution in [1.29, 1.82) is 0 Å². The molecule has 10 heteroatoms. The smallest absolute Gasteiger partial charge is 0.545 e. The average Bonchev–Trinajstić information content (AvgIpc) is 3.27. The molecule has 0 saturated heterocycles. The quantitative estimate of drug-likeness (QED) is 0.124. The Morgan fingerprint density at radius 1 is 0.912 bits per heavy atom. The van der Waals surface area contributed by atoms with E-state index in [1.54, 1.807) is 42.5 Å². The zero-order valence-electron chi connectivity index (χ0n) is 18.3. The van der Waals surface area contributed by atoms with Crippen LogP contribution in [0.4, 0.5) is 5.69 Å². The number of carbonyl (C=O) groups is 2. The Hall–Kier alpha value is -3.24. The van der Waals surface area contributed by atoms with E-state index in [2.05, 4.69) is 8.75 Å². The van der Waals surface area contributed by atoms with Crippen LogP contribution < -0.4 is 34.7 Å². The molecule has 0 aliphatic heterocycles. The van der Waals surface area contributed by atoms with Crippen LogP contribution in [0, 0.1) is 17.0 Å². The van der Waals surface area contributed by atoms with Gasteiger partial charge < -0.3 is 9.90 Å². The predicted molar refractivity (Wildman–Crippen MR) is 122 cm³/mol. The Labute approximate surface area is 220 Å². The molecule has 8 nitrogen and oxygen atoms in total. The van der Waals surface area contributed by atoms with Crippen molar-refractivity contribution in [2.75, 3.05) is 0 Å². The number of aryl methyl sites for hydroxylation is 1. The van der Waals surface area contributed by atoms with Gasteiger partial charge in [0.25, 0.3) is 5.69 Å². The van der Waals surface area contributed by atoms with E-state index in [0.29, 0.717) is 22.2 Å². The molecule has 0 amide bonds. The number of rotatable bonds is 7. The van der Waals surface area contributed by atoms with Gasteiger partial charge in [0, 0.05) is 35.3 Å². The summed E-state index contributed by atoms with van der Waals surface area (Å²) >= 11 is 1.000. The van der Waals surface area contributed by atoms with Gasteiger partial charge in [0.05, 0.1) is 22.6 Å². The molecule has 1 aromatic heterocycles. The number of nitro benzene ring substituents is 1. The second kappa shape index (κ2) is 10.8. The van der Waals surface area contributed by atoms with Gasteiger partial charge in [0.1, 0.15) is 11.0 Å². The predicted octanol–water partition coefficient (Wildman–Crippen LogP) is 0.541. The number of hydrogen-bond donors (Lipinski definition) is 0. The van der Waals surface area contributed by atoms with E-state index in [0.717, 1.165) is 17.3 Å². The van der Waals surface area contributed by atoms with Crippen LogP contribution in [0.25, 0.3) is 16.6 Å². The van der Waals surface area contributed by atoms with Crippen molar-refractivity contribution in [1.82, 2.24) is 8.75 Å². The summed E-state index contributed by atoms with van der Waals surface area (Å²) in [4.78, 5) is 36.2. The third-order valence-corrected chi connectivity index (χ3v) is 5.72. The second-order valence-corrected chi connectivity index (χ2v) is 7.93. The van der Waals surface area contributed by atoms with Crippen LogP contribution in [0.5, 0.6) is 0 Å². The first-order valence-electron chi connectivity index (χ1n) is 9.85. The summed E-state index contributed by atoms with van der Waals surface area (Å²) in [5, 5.41) is 23.3. The van der Waals surface area contributed by atoms with Gasteiger partial charge in [-0.05, 0) is 30.2 Å². The van der Waals surface area contributed by atoms with Crippen molar-refractivity contribution in [2.24, 2.45) is 0 Å². The van der Waals surface area contributed by atoms with E-state index in [1.807, 2.05) is 6.92 Å². The van der Waals surface area contributed by atoms with E-state index >= 15 is 0 Å². The van der Waals surface area contributed by atoms with Crippen LogP contribution in [-0.4, -0.2) is 25.4 Å². The number of nitro groups is 1. The van der Waals surface area contributed by atoms with Gasteiger partial charge >= 0.3 is 29.6 Å². The Morgan fingerprint density at radius 2 is 1.53 bits per heavy atom. The molecule has 0 aliphatic rings. The topological polar surface area (TPSA) is 126 Å². The van der Waals surface area contributed by atoms with E-state index in [9.17, 15) is 24.8 Å². The van der Waals surface area contributed by atoms with Gasteiger partial charge in [-0.3, -0.25) is 14.9 Å². The maximum absolute atomic E-state index is 13.5. The van der Waals surface area contributed by atoms with Crippen molar-refractivity contribution in [3.63, 3.8) is 0 Å². The number of benzene rings is 3. The Kier molecular flexibility index (Phi) is 8.06. The summed E-state index contributed by atoms with van der Waals surface area (Å²) in [6.45, 7) is 1.88. The van der Waals surface area contributed by atoms with Crippen molar-refractivity contribution < 1.29 is 49.2 Å². The number of hydrogen-bond acceptors (Lipinski definition) is 8. The zero-order chi connectivity index (χ0) is 23.5. The van der Waals surface area contributed by atoms with Crippen molar-refractivity contribution in [3.05, 3.63) is 105 Å². The molecule has 0 N–H and O–H groups in total. The van der Waals surface area contributed by atoms with Gasteiger partial charge in [0.15, 0.2) is 5.78 Å². The molecule has 0 bridgehead atoms. The first kappa shape index (κ1) is 25.4. The molecule has 0 unspecified atom stereocenters. The SMILES string of the molecule is Cc1ccc(C(=O)C(Cc2ccc([N+](=O)[O-])cc2)=C(C(=O)[O-])c2ccc3nsnc3c2)cc1.[Na+]. The van der Waals surface area contributed by atoms with Gasteiger partial charge in [0.2, 0.25) is 0 Å². The number of Topliss-reactive ketones (excluding diaryl/α,β-unsaturated/α-hetero) is 1. The number of aliphatic carboxylic acids is 1. The number of non-ortho nitro benzene ring substituents is 1. The molecule has 34 heavy (non-hydrogen) atoms. The van der Waals surface area contributed by atoms with Gasteiger partial charge in [-0.1, -0.05) is 48.0 Å². The molecule has 0 spiro atoms. The van der Waals surface area contributed by atoms with Crippen molar-refractivity contribution >= 4 is 45.8 Å². The van der Waals surface area contributed by atoms with E-state index in [-0.39, 0.29) is 58.4 Å². The van der Waals surface area contributed by atoms with Gasteiger partial charge in [-0.15, -0.1) is 0 Å². The van der Waals surface area contributed by atoms with Gasteiger partial charge in [-0.2, -0.15) is 8.75 Å². The molecule has 0 fully saturated rings. The largest absolute Gasteiger partial charge is 1.00 e. The van der Waals surface area contributed by atoms with Crippen LogP contribution >= 0.6 is 11.7 Å². The molecule has 4 rings (SSSR count). The minimum absolute atomic E-state index is 0. The van der Waals surface area contributed by atoms with E-state index in [1.165, 1.54) is 24.3 Å². The Bertz CT molecular complexity index is 1410. The third-order valence-electron chi connectivity index (χ3n) is 5.16. The molecule has 3 aromatic carbocycles. The van der Waals surface area contributed by atoms with Crippen LogP contribution in [0.3, 0.4) is 0 Å². The summed E-state index contributed by atoms with van der Waals surface area (Å²) in [7, 11) is 0. The van der Waals surface area contributed by atoms with Crippen LogP contribution in [0.1, 0.15) is 27.0 Å². The summed E-state index contributed by atoms with van der Waals surface area (Å²) in [6, 6.07) is 17.2. The van der Waals surface area contributed by atoms with Crippen LogP contribution in [0.2, 0.25) is 0 Å². The maximum Gasteiger partial charge on any atom is 1.00 e. The molecule has 0 aliphatic carbocycles. The monoisotopic (exact) mass is 481 g/mol. The fourth-order valence-corrected chi connectivity index (χ4v) is 3.97. The molecule has 0 saturated carbocycles. The first-order chi connectivity index (χ1) is 15.8. The average molecular weight is 481 g/mol. The number of fused-ring (bicyclic) bond motifs is 1. The summed E-state index contributed by atoms with van der Waals surface area (Å²) in [5.74, 6) is -1.97. The standard InChI is InChI=1S/C24H17N3O5S.Na/c1-14-2-6-16(7-3-14)23(28)19(12-15-4-9-18(10-5-15)27(31)32)22(24(29)30)17-8-11-20-21(13-17)26-33-25-20;/h2-11,13H,12H2,1H3,(H,29,30);/q;+1/p-1. The maximum atomic E-state index is 13.5. The van der Waals surface area contributed by atoms with Crippen LogP contribution in [0.15, 0.2) is 72.3 Å². The molecule has 1 heterocycles. The molecule has 164 valence electrons. The Morgan fingerprint density at radius 3 is 2.15 bits per heavy atom. The number of ketones is 1. The Balaban J connectivity index is 0.00000324. The first-order valence-corrected chi connectivity index (χ1v) is 10.6. The van der Waals surface area contributed by atoms with Gasteiger partial charge in [-0.25, -0.2) is 0 Å². The third kappa shape index (κ3) is 5.45. The number of carbonyl (C=O) groups excluding carboxylic acids is 2. The molecular formula is C24H16N3NaO5S. The normalized spacial score (nSPS) is 11.4. The van der Waals surface area contributed by atoms with E-state index in [4.69, 9.17) is 0 Å². The number of aromatic nitrogens is 2. The summed E-state index contributed by atoms with van der Waals surface area (Å²) < 4.78 is 8.27. The number of nitrogens with zero attached hydrogens (tertiary/aromatic N) is 3. The second-order valence-electron chi connectivity index (χ2n) is 7.40. The summed E-state index contributed by atoms with van der Waals surface area (Å²) in [6.07, 6.45) is -0.0542. The van der Waals surface area contributed by atoms with E-state index < -0.39 is 16.7 Å². The number of allylic oxidation sites excluding steroid dienone is 1. The molecular weight excluding hydrogens is 465 g/mol.